The Bertz CT molecular complexity index is 738. The summed E-state index contributed by atoms with van der Waals surface area (Å²) in [6.07, 6.45) is 2.05. The number of aromatic nitrogens is 2. The minimum atomic E-state index is 0.115. The first-order chi connectivity index (χ1) is 9.91. The van der Waals surface area contributed by atoms with Gasteiger partial charge in [0.15, 0.2) is 4.77 Å². The highest BCUT2D eigenvalue weighted by Gasteiger charge is 2.26. The molecule has 2 heterocycles. The van der Waals surface area contributed by atoms with Gasteiger partial charge in [-0.2, -0.15) is 0 Å². The Labute approximate surface area is 131 Å². The summed E-state index contributed by atoms with van der Waals surface area (Å²) in [6.45, 7) is 13.6. The molecule has 0 aliphatic carbocycles. The maximum Gasteiger partial charge on any atom is 0.178 e. The van der Waals surface area contributed by atoms with Crippen LogP contribution in [0.5, 0.6) is 0 Å². The zero-order valence-corrected chi connectivity index (χ0v) is 13.8. The van der Waals surface area contributed by atoms with E-state index in [1.165, 1.54) is 11.1 Å². The molecule has 2 aromatic rings. The summed E-state index contributed by atoms with van der Waals surface area (Å²) in [5.74, 6) is 0. The van der Waals surface area contributed by atoms with E-state index < -0.39 is 0 Å². The third-order valence-corrected chi connectivity index (χ3v) is 4.81. The molecule has 0 bridgehead atoms. The van der Waals surface area contributed by atoms with Crippen molar-refractivity contribution in [3.05, 3.63) is 41.2 Å². The zero-order chi connectivity index (χ0) is 15.2. The van der Waals surface area contributed by atoms with E-state index in [1.807, 2.05) is 0 Å². The highest BCUT2D eigenvalue weighted by Crippen LogP contribution is 2.28. The van der Waals surface area contributed by atoms with Gasteiger partial charge in [-0.15, -0.1) is 6.58 Å². The van der Waals surface area contributed by atoms with E-state index in [0.29, 0.717) is 6.04 Å². The molecule has 3 nitrogen and oxygen atoms in total. The Kier molecular flexibility index (Phi) is 3.54. The Morgan fingerprint density at radius 3 is 2.95 bits per heavy atom. The molecule has 0 saturated carbocycles. The van der Waals surface area contributed by atoms with Crippen LogP contribution in [0.3, 0.4) is 0 Å². The molecule has 112 valence electrons. The molecule has 1 atom stereocenters. The average molecular weight is 301 g/mol. The molecule has 1 aliphatic heterocycles. The molecule has 0 radical (unpaired) electrons. The molecule has 1 aliphatic rings. The van der Waals surface area contributed by atoms with Gasteiger partial charge in [-0.3, -0.25) is 4.90 Å². The van der Waals surface area contributed by atoms with Crippen LogP contribution in [-0.4, -0.2) is 27.0 Å². The van der Waals surface area contributed by atoms with Crippen molar-refractivity contribution in [3.8, 4) is 0 Å². The first-order valence-corrected chi connectivity index (χ1v) is 7.90. The SMILES string of the molecule is C=CC(C)(C)CN1Cc2cccc3[nH]c(=S)n(c23)C[C@@H]1C. The van der Waals surface area contributed by atoms with Crippen molar-refractivity contribution in [2.24, 2.45) is 5.41 Å². The molecule has 1 N–H and O–H groups in total. The lowest BCUT2D eigenvalue weighted by Crippen LogP contribution is -2.40. The third kappa shape index (κ3) is 2.58. The first-order valence-electron chi connectivity index (χ1n) is 7.49. The summed E-state index contributed by atoms with van der Waals surface area (Å²) in [7, 11) is 0. The van der Waals surface area contributed by atoms with Crippen LogP contribution in [-0.2, 0) is 13.1 Å². The number of rotatable bonds is 3. The lowest BCUT2D eigenvalue weighted by molar-refractivity contribution is 0.144. The van der Waals surface area contributed by atoms with Crippen LogP contribution < -0.4 is 0 Å². The number of hydrogen-bond donors (Lipinski definition) is 1. The summed E-state index contributed by atoms with van der Waals surface area (Å²) in [6, 6.07) is 6.88. The Hall–Kier alpha value is -1.39. The number of imidazole rings is 1. The maximum atomic E-state index is 5.50. The molecule has 1 aromatic heterocycles. The smallest absolute Gasteiger partial charge is 0.178 e. The van der Waals surface area contributed by atoms with Crippen molar-refractivity contribution in [3.63, 3.8) is 0 Å². The summed E-state index contributed by atoms with van der Waals surface area (Å²) in [4.78, 5) is 5.86. The minimum absolute atomic E-state index is 0.115. The van der Waals surface area contributed by atoms with E-state index in [4.69, 9.17) is 12.2 Å². The van der Waals surface area contributed by atoms with E-state index in [9.17, 15) is 0 Å². The van der Waals surface area contributed by atoms with Gasteiger partial charge < -0.3 is 9.55 Å². The van der Waals surface area contributed by atoms with Gasteiger partial charge in [0, 0.05) is 25.7 Å². The lowest BCUT2D eigenvalue weighted by atomic mass is 9.92. The van der Waals surface area contributed by atoms with Gasteiger partial charge in [0.05, 0.1) is 11.0 Å². The Morgan fingerprint density at radius 1 is 1.48 bits per heavy atom. The quantitative estimate of drug-likeness (QED) is 0.681. The van der Waals surface area contributed by atoms with E-state index in [1.54, 1.807) is 0 Å². The maximum absolute atomic E-state index is 5.50. The predicted octanol–water partition coefficient (Wildman–Crippen LogP) is 4.12. The van der Waals surface area contributed by atoms with Crippen LogP contribution in [0.25, 0.3) is 11.0 Å². The molecule has 0 saturated heterocycles. The number of benzene rings is 1. The van der Waals surface area contributed by atoms with E-state index in [0.717, 1.165) is 29.9 Å². The van der Waals surface area contributed by atoms with Gasteiger partial charge in [0.2, 0.25) is 0 Å². The Morgan fingerprint density at radius 2 is 2.24 bits per heavy atom. The number of nitrogens with one attached hydrogen (secondary N) is 1. The number of nitrogens with zero attached hydrogens (tertiary/aromatic N) is 2. The monoisotopic (exact) mass is 301 g/mol. The fourth-order valence-corrected chi connectivity index (χ4v) is 3.43. The average Bonchev–Trinajstić information content (AvgIpc) is 2.66. The Balaban J connectivity index is 2.05. The molecule has 0 unspecified atom stereocenters. The molecule has 1 aromatic carbocycles. The highest BCUT2D eigenvalue weighted by atomic mass is 32.1. The summed E-state index contributed by atoms with van der Waals surface area (Å²) >= 11 is 5.50. The lowest BCUT2D eigenvalue weighted by Gasteiger charge is -2.33. The molecule has 0 amide bonds. The fourth-order valence-electron chi connectivity index (χ4n) is 3.15. The second-order valence-electron chi connectivity index (χ2n) is 6.80. The van der Waals surface area contributed by atoms with Crippen LogP contribution in [0.15, 0.2) is 30.9 Å². The van der Waals surface area contributed by atoms with Crippen LogP contribution >= 0.6 is 12.2 Å². The van der Waals surface area contributed by atoms with Gasteiger partial charge in [-0.05, 0) is 36.2 Å². The molecule has 3 rings (SSSR count). The van der Waals surface area contributed by atoms with Crippen molar-refractivity contribution in [2.45, 2.75) is 39.9 Å². The molecular formula is C17H23N3S. The minimum Gasteiger partial charge on any atom is -0.331 e. The van der Waals surface area contributed by atoms with Gasteiger partial charge in [0.1, 0.15) is 0 Å². The van der Waals surface area contributed by atoms with Crippen molar-refractivity contribution in [2.75, 3.05) is 6.54 Å². The molecule has 0 fully saturated rings. The summed E-state index contributed by atoms with van der Waals surface area (Å²) < 4.78 is 3.08. The van der Waals surface area contributed by atoms with Crippen LogP contribution in [0.4, 0.5) is 0 Å². The largest absolute Gasteiger partial charge is 0.331 e. The van der Waals surface area contributed by atoms with Gasteiger partial charge in [-0.1, -0.05) is 32.1 Å². The second kappa shape index (κ2) is 5.11. The highest BCUT2D eigenvalue weighted by molar-refractivity contribution is 7.71. The van der Waals surface area contributed by atoms with Crippen molar-refractivity contribution < 1.29 is 0 Å². The molecule has 0 spiro atoms. The van der Waals surface area contributed by atoms with E-state index >= 15 is 0 Å². The first kappa shape index (κ1) is 14.5. The number of para-hydroxylation sites is 1. The van der Waals surface area contributed by atoms with Crippen LogP contribution in [0.2, 0.25) is 0 Å². The van der Waals surface area contributed by atoms with E-state index in [2.05, 4.69) is 66.1 Å². The second-order valence-corrected chi connectivity index (χ2v) is 7.19. The van der Waals surface area contributed by atoms with Crippen LogP contribution in [0.1, 0.15) is 26.3 Å². The molecule has 4 heteroatoms. The van der Waals surface area contributed by atoms with Crippen LogP contribution in [0, 0.1) is 10.2 Å². The number of aromatic amines is 1. The molecular weight excluding hydrogens is 278 g/mol. The van der Waals surface area contributed by atoms with Crippen molar-refractivity contribution in [1.29, 1.82) is 0 Å². The fraction of sp³-hybridized carbons (Fsp3) is 0.471. The zero-order valence-electron chi connectivity index (χ0n) is 13.0. The standard InChI is InChI=1S/C17H23N3S/c1-5-17(3,4)11-19-10-13-7-6-8-14-15(13)20(9-12(19)2)16(21)18-14/h5-8,12H,1,9-11H2,2-4H3,(H,18,21)/t12-/m0/s1. The van der Waals surface area contributed by atoms with Gasteiger partial charge in [0.25, 0.3) is 0 Å². The van der Waals surface area contributed by atoms with Crippen molar-refractivity contribution >= 4 is 23.3 Å². The van der Waals surface area contributed by atoms with Gasteiger partial charge in [-0.25, -0.2) is 0 Å². The molecule has 21 heavy (non-hydrogen) atoms. The summed E-state index contributed by atoms with van der Waals surface area (Å²) in [5, 5.41) is 0. The number of hydrogen-bond acceptors (Lipinski definition) is 2. The van der Waals surface area contributed by atoms with E-state index in [-0.39, 0.29) is 5.41 Å². The third-order valence-electron chi connectivity index (χ3n) is 4.48. The normalized spacial score (nSPS) is 19.7. The topological polar surface area (TPSA) is 24.0 Å². The van der Waals surface area contributed by atoms with Gasteiger partial charge >= 0.3 is 0 Å². The summed E-state index contributed by atoms with van der Waals surface area (Å²) in [5.41, 5.74) is 3.89. The van der Waals surface area contributed by atoms with Crippen molar-refractivity contribution in [1.82, 2.24) is 14.5 Å². The predicted molar refractivity (Wildman–Crippen MR) is 91.0 cm³/mol. The number of H-pyrrole nitrogens is 1.